The zero-order chi connectivity index (χ0) is 12.1. The van der Waals surface area contributed by atoms with Crippen molar-refractivity contribution in [3.8, 4) is 0 Å². The molecule has 1 amide bonds. The molecule has 1 aromatic carbocycles. The molecule has 0 fully saturated rings. The lowest BCUT2D eigenvalue weighted by atomic mass is 10.2. The number of carbonyl (C=O) groups is 1. The molecule has 0 aromatic heterocycles. The van der Waals surface area contributed by atoms with Gasteiger partial charge in [0.2, 0.25) is 0 Å². The minimum absolute atomic E-state index is 0.0604. The highest BCUT2D eigenvalue weighted by Crippen LogP contribution is 2.18. The lowest BCUT2D eigenvalue weighted by Crippen LogP contribution is -2.29. The maximum Gasteiger partial charge on any atom is 0.254 e. The molecule has 5 heteroatoms. The number of amides is 1. The number of benzene rings is 1. The predicted octanol–water partition coefficient (Wildman–Crippen LogP) is 3.49. The minimum atomic E-state index is -0.525. The third kappa shape index (κ3) is 3.56. The van der Waals surface area contributed by atoms with Crippen molar-refractivity contribution in [3.05, 3.63) is 34.1 Å². The van der Waals surface area contributed by atoms with E-state index in [1.54, 1.807) is 12.1 Å². The third-order valence-corrected chi connectivity index (χ3v) is 3.71. The Morgan fingerprint density at radius 3 is 2.88 bits per heavy atom. The van der Waals surface area contributed by atoms with Crippen LogP contribution in [0.1, 0.15) is 23.7 Å². The van der Waals surface area contributed by atoms with Gasteiger partial charge < -0.3 is 5.32 Å². The van der Waals surface area contributed by atoms with Crippen molar-refractivity contribution in [3.63, 3.8) is 0 Å². The molecule has 0 heterocycles. The number of carbonyl (C=O) groups excluding carboxylic acids is 1. The highest BCUT2D eigenvalue weighted by molar-refractivity contribution is 9.10. The van der Waals surface area contributed by atoms with Gasteiger partial charge in [-0.1, -0.05) is 28.9 Å². The highest BCUT2D eigenvalue weighted by atomic mass is 79.9. The number of alkyl halides is 1. The summed E-state index contributed by atoms with van der Waals surface area (Å²) in [5, 5.41) is 2.67. The molecule has 0 radical (unpaired) electrons. The van der Waals surface area contributed by atoms with Crippen molar-refractivity contribution in [1.29, 1.82) is 0 Å². The van der Waals surface area contributed by atoms with Crippen molar-refractivity contribution < 1.29 is 9.18 Å². The van der Waals surface area contributed by atoms with Crippen molar-refractivity contribution in [1.82, 2.24) is 5.32 Å². The van der Waals surface area contributed by atoms with Gasteiger partial charge in [0.1, 0.15) is 5.82 Å². The van der Waals surface area contributed by atoms with Gasteiger partial charge in [-0.2, -0.15) is 0 Å². The number of halogens is 3. The molecule has 0 spiro atoms. The standard InChI is InChI=1S/C11H12Br2FNO/c1-2-7(12)6-15-11(16)8-4-3-5-9(13)10(8)14/h3-5,7H,2,6H2,1H3,(H,15,16). The van der Waals surface area contributed by atoms with Gasteiger partial charge in [-0.05, 0) is 34.5 Å². The number of hydrogen-bond donors (Lipinski definition) is 1. The first kappa shape index (κ1) is 13.6. The maximum absolute atomic E-state index is 13.5. The van der Waals surface area contributed by atoms with Crippen LogP contribution in [0.25, 0.3) is 0 Å². The second-order valence-corrected chi connectivity index (χ2v) is 5.47. The molecule has 0 saturated carbocycles. The smallest absolute Gasteiger partial charge is 0.254 e. The van der Waals surface area contributed by atoms with Crippen LogP contribution in [0.3, 0.4) is 0 Å². The lowest BCUT2D eigenvalue weighted by Gasteiger charge is -2.09. The van der Waals surface area contributed by atoms with E-state index in [0.717, 1.165) is 6.42 Å². The van der Waals surface area contributed by atoms with Gasteiger partial charge in [0, 0.05) is 11.4 Å². The van der Waals surface area contributed by atoms with E-state index in [9.17, 15) is 9.18 Å². The molecule has 1 atom stereocenters. The van der Waals surface area contributed by atoms with E-state index in [4.69, 9.17) is 0 Å². The van der Waals surface area contributed by atoms with Gasteiger partial charge in [-0.25, -0.2) is 4.39 Å². The molecular formula is C11H12Br2FNO. The van der Waals surface area contributed by atoms with Crippen LogP contribution < -0.4 is 5.32 Å². The van der Waals surface area contributed by atoms with Gasteiger partial charge in [-0.3, -0.25) is 4.79 Å². The molecule has 1 N–H and O–H groups in total. The van der Waals surface area contributed by atoms with E-state index >= 15 is 0 Å². The topological polar surface area (TPSA) is 29.1 Å². The minimum Gasteiger partial charge on any atom is -0.351 e. The zero-order valence-corrected chi connectivity index (χ0v) is 11.9. The van der Waals surface area contributed by atoms with Crippen molar-refractivity contribution >= 4 is 37.8 Å². The molecule has 16 heavy (non-hydrogen) atoms. The molecule has 0 aliphatic carbocycles. The Labute approximate surface area is 111 Å². The number of hydrogen-bond acceptors (Lipinski definition) is 1. The van der Waals surface area contributed by atoms with E-state index < -0.39 is 11.7 Å². The predicted molar refractivity (Wildman–Crippen MR) is 69.4 cm³/mol. The van der Waals surface area contributed by atoms with Crippen molar-refractivity contribution in [2.45, 2.75) is 18.2 Å². The van der Waals surface area contributed by atoms with Gasteiger partial charge in [-0.15, -0.1) is 0 Å². The third-order valence-electron chi connectivity index (χ3n) is 2.12. The molecule has 0 aliphatic rings. The Kier molecular flexibility index (Phi) is 5.41. The second-order valence-electron chi connectivity index (χ2n) is 3.32. The fourth-order valence-corrected chi connectivity index (χ4v) is 1.65. The first-order valence-electron chi connectivity index (χ1n) is 4.92. The Hall–Kier alpha value is -0.420. The number of rotatable bonds is 4. The number of nitrogens with one attached hydrogen (secondary N) is 1. The maximum atomic E-state index is 13.5. The van der Waals surface area contributed by atoms with Crippen LogP contribution in [-0.4, -0.2) is 17.3 Å². The normalized spacial score (nSPS) is 12.2. The van der Waals surface area contributed by atoms with Crippen molar-refractivity contribution in [2.75, 3.05) is 6.54 Å². The van der Waals surface area contributed by atoms with Crippen LogP contribution in [0.5, 0.6) is 0 Å². The molecule has 0 aliphatic heterocycles. The van der Waals surface area contributed by atoms with E-state index in [-0.39, 0.29) is 10.4 Å². The van der Waals surface area contributed by atoms with Crippen LogP contribution in [0.4, 0.5) is 4.39 Å². The van der Waals surface area contributed by atoms with Gasteiger partial charge in [0.15, 0.2) is 0 Å². The van der Waals surface area contributed by atoms with Crippen LogP contribution in [0.15, 0.2) is 22.7 Å². The highest BCUT2D eigenvalue weighted by Gasteiger charge is 2.14. The Balaban J connectivity index is 2.70. The summed E-state index contributed by atoms with van der Waals surface area (Å²) in [5.74, 6) is -0.917. The quantitative estimate of drug-likeness (QED) is 0.825. The Morgan fingerprint density at radius 1 is 1.56 bits per heavy atom. The molecule has 2 nitrogen and oxygen atoms in total. The van der Waals surface area contributed by atoms with Crippen LogP contribution in [-0.2, 0) is 0 Å². The summed E-state index contributed by atoms with van der Waals surface area (Å²) in [6.45, 7) is 2.49. The zero-order valence-electron chi connectivity index (χ0n) is 8.77. The molecular weight excluding hydrogens is 341 g/mol. The molecule has 0 saturated heterocycles. The molecule has 1 rings (SSSR count). The summed E-state index contributed by atoms with van der Waals surface area (Å²) >= 11 is 6.44. The molecule has 1 aromatic rings. The van der Waals surface area contributed by atoms with Gasteiger partial charge in [0.25, 0.3) is 5.91 Å². The second kappa shape index (κ2) is 6.35. The van der Waals surface area contributed by atoms with E-state index in [2.05, 4.69) is 37.2 Å². The van der Waals surface area contributed by atoms with Crippen LogP contribution in [0.2, 0.25) is 0 Å². The van der Waals surface area contributed by atoms with Crippen LogP contribution in [0, 0.1) is 5.82 Å². The lowest BCUT2D eigenvalue weighted by molar-refractivity contribution is 0.0949. The average molecular weight is 353 g/mol. The van der Waals surface area contributed by atoms with Gasteiger partial charge in [0.05, 0.1) is 10.0 Å². The summed E-state index contributed by atoms with van der Waals surface area (Å²) in [5.41, 5.74) is 0.0604. The van der Waals surface area contributed by atoms with E-state index in [1.807, 2.05) is 6.92 Å². The monoisotopic (exact) mass is 351 g/mol. The molecule has 88 valence electrons. The van der Waals surface area contributed by atoms with Gasteiger partial charge >= 0.3 is 0 Å². The van der Waals surface area contributed by atoms with E-state index in [0.29, 0.717) is 11.0 Å². The molecule has 1 unspecified atom stereocenters. The molecule has 0 bridgehead atoms. The summed E-state index contributed by atoms with van der Waals surface area (Å²) < 4.78 is 13.8. The first-order chi connectivity index (χ1) is 7.56. The fraction of sp³-hybridized carbons (Fsp3) is 0.364. The largest absolute Gasteiger partial charge is 0.351 e. The first-order valence-corrected chi connectivity index (χ1v) is 6.63. The van der Waals surface area contributed by atoms with E-state index in [1.165, 1.54) is 6.07 Å². The Morgan fingerprint density at radius 2 is 2.25 bits per heavy atom. The summed E-state index contributed by atoms with van der Waals surface area (Å²) in [6.07, 6.45) is 0.904. The Bertz CT molecular complexity index is 384. The summed E-state index contributed by atoms with van der Waals surface area (Å²) in [7, 11) is 0. The summed E-state index contributed by atoms with van der Waals surface area (Å²) in [6, 6.07) is 4.66. The van der Waals surface area contributed by atoms with Crippen molar-refractivity contribution in [2.24, 2.45) is 0 Å². The van der Waals surface area contributed by atoms with Crippen LogP contribution >= 0.6 is 31.9 Å². The SMILES string of the molecule is CCC(Br)CNC(=O)c1cccc(Br)c1F. The fourth-order valence-electron chi connectivity index (χ4n) is 1.12. The average Bonchev–Trinajstić information content (AvgIpc) is 2.29. The summed E-state index contributed by atoms with van der Waals surface area (Å²) in [4.78, 5) is 11.9.